The van der Waals surface area contributed by atoms with Crippen LogP contribution in [0.25, 0.3) is 0 Å². The van der Waals surface area contributed by atoms with E-state index in [-0.39, 0.29) is 31.5 Å². The van der Waals surface area contributed by atoms with Gasteiger partial charge in [0, 0.05) is 17.5 Å². The molecule has 0 bridgehead atoms. The first-order chi connectivity index (χ1) is 18.6. The van der Waals surface area contributed by atoms with Gasteiger partial charge in [0.25, 0.3) is 11.8 Å². The van der Waals surface area contributed by atoms with Crippen molar-refractivity contribution >= 4 is 23.8 Å². The first kappa shape index (κ1) is 31.1. The maximum atomic E-state index is 12.6. The molecule has 0 fully saturated rings. The zero-order valence-corrected chi connectivity index (χ0v) is 23.3. The summed E-state index contributed by atoms with van der Waals surface area (Å²) in [4.78, 5) is 50.4. The first-order valence-electron chi connectivity index (χ1n) is 12.8. The lowest BCUT2D eigenvalue weighted by Crippen LogP contribution is -2.45. The van der Waals surface area contributed by atoms with Crippen molar-refractivity contribution in [2.45, 2.75) is 46.2 Å². The normalized spacial score (nSPS) is 12.3. The Balaban J connectivity index is 1.81. The summed E-state index contributed by atoms with van der Waals surface area (Å²) in [6.45, 7) is 7.20. The number of carbonyl (C=O) groups excluding carboxylic acids is 4. The maximum absolute atomic E-state index is 12.6. The molecule has 0 heterocycles. The lowest BCUT2D eigenvalue weighted by molar-refractivity contribution is -0.149. The highest BCUT2D eigenvalue weighted by Crippen LogP contribution is 2.14. The van der Waals surface area contributed by atoms with Gasteiger partial charge in [-0.15, -0.1) is 0 Å². The summed E-state index contributed by atoms with van der Waals surface area (Å²) in [5.74, 6) is -1.15. The van der Waals surface area contributed by atoms with E-state index in [0.717, 1.165) is 0 Å². The molecule has 2 aromatic rings. The van der Waals surface area contributed by atoms with Crippen molar-refractivity contribution in [1.29, 1.82) is 0 Å². The quantitative estimate of drug-likeness (QED) is 0.275. The van der Waals surface area contributed by atoms with Crippen LogP contribution < -0.4 is 20.1 Å². The van der Waals surface area contributed by atoms with Gasteiger partial charge in [-0.1, -0.05) is 27.7 Å². The van der Waals surface area contributed by atoms with Crippen molar-refractivity contribution in [3.63, 3.8) is 0 Å². The Labute approximate surface area is 229 Å². The number of hydrogen-bond donors (Lipinski definition) is 2. The topological polar surface area (TPSA) is 129 Å². The second-order valence-corrected chi connectivity index (χ2v) is 9.54. The number of amides is 2. The molecule has 212 valence electrons. The van der Waals surface area contributed by atoms with E-state index in [1.807, 2.05) is 0 Å². The van der Waals surface area contributed by atoms with E-state index in [4.69, 9.17) is 18.9 Å². The van der Waals surface area contributed by atoms with E-state index >= 15 is 0 Å². The average molecular weight is 543 g/mol. The highest BCUT2D eigenvalue weighted by Gasteiger charge is 2.27. The smallest absolute Gasteiger partial charge is 0.328 e. The summed E-state index contributed by atoms with van der Waals surface area (Å²) < 4.78 is 20.8. The summed E-state index contributed by atoms with van der Waals surface area (Å²) in [7, 11) is 3.07. The second-order valence-electron chi connectivity index (χ2n) is 9.54. The molecular weight excluding hydrogens is 504 g/mol. The van der Waals surface area contributed by atoms with E-state index < -0.39 is 35.8 Å². The van der Waals surface area contributed by atoms with E-state index in [0.29, 0.717) is 22.6 Å². The van der Waals surface area contributed by atoms with Gasteiger partial charge in [-0.3, -0.25) is 9.59 Å². The van der Waals surface area contributed by atoms with Crippen LogP contribution in [0.5, 0.6) is 11.5 Å². The number of benzene rings is 2. The van der Waals surface area contributed by atoms with Crippen LogP contribution in [0.1, 0.15) is 54.8 Å². The Morgan fingerprint density at radius 1 is 0.615 bits per heavy atom. The summed E-state index contributed by atoms with van der Waals surface area (Å²) in [5.41, 5.74) is 0.778. The number of carbonyl (C=O) groups is 4. The minimum Gasteiger partial charge on any atom is -0.497 e. The number of ether oxygens (including phenoxy) is 4. The molecule has 0 aliphatic carbocycles. The molecule has 2 atom stereocenters. The molecular formula is C29H38N2O8. The molecule has 2 N–H and O–H groups in total. The predicted octanol–water partition coefficient (Wildman–Crippen LogP) is 3.39. The highest BCUT2D eigenvalue weighted by atomic mass is 16.5. The van der Waals surface area contributed by atoms with Gasteiger partial charge in [0.05, 0.1) is 27.4 Å². The third-order valence-corrected chi connectivity index (χ3v) is 5.90. The zero-order valence-electron chi connectivity index (χ0n) is 23.3. The Hall–Kier alpha value is -4.08. The number of rotatable bonds is 14. The fourth-order valence-corrected chi connectivity index (χ4v) is 3.51. The Bertz CT molecular complexity index is 1010. The largest absolute Gasteiger partial charge is 0.497 e. The number of hydrogen-bond acceptors (Lipinski definition) is 8. The van der Waals surface area contributed by atoms with Crippen LogP contribution in [0.3, 0.4) is 0 Å². The summed E-state index contributed by atoms with van der Waals surface area (Å²) in [6, 6.07) is 11.4. The molecule has 0 aliphatic rings. The molecule has 0 aliphatic heterocycles. The van der Waals surface area contributed by atoms with Crippen LogP contribution in [-0.4, -0.2) is 63.3 Å². The van der Waals surface area contributed by atoms with Crippen LogP contribution in [0.2, 0.25) is 0 Å². The van der Waals surface area contributed by atoms with Gasteiger partial charge in [0.2, 0.25) is 0 Å². The van der Waals surface area contributed by atoms with E-state index in [2.05, 4.69) is 10.6 Å². The molecule has 0 unspecified atom stereocenters. The van der Waals surface area contributed by atoms with E-state index in [1.165, 1.54) is 14.2 Å². The molecule has 0 spiro atoms. The van der Waals surface area contributed by atoms with Gasteiger partial charge in [0.1, 0.15) is 23.6 Å². The summed E-state index contributed by atoms with van der Waals surface area (Å²) in [5, 5.41) is 5.42. The fraction of sp³-hybridized carbons (Fsp3) is 0.448. The molecule has 0 radical (unpaired) electrons. The highest BCUT2D eigenvalue weighted by molar-refractivity contribution is 5.97. The number of esters is 2. The number of methoxy groups -OCH3 is 2. The minimum atomic E-state index is -0.847. The standard InChI is InChI=1S/C29H38N2O8/c1-18(2)24(30-26(32)20-8-12-22(36-5)13-9-20)28(34)38-16-7-17-39-29(35)25(19(3)4)31-27(33)21-10-14-23(37-6)15-11-21/h8-15,18-19,24-25H,7,16-17H2,1-6H3,(H,30,32)(H,31,33)/t24-,25-/m0/s1. The Kier molecular flexibility index (Phi) is 12.3. The summed E-state index contributed by atoms with van der Waals surface area (Å²) in [6.07, 6.45) is 0.256. The van der Waals surface area contributed by atoms with Crippen LogP contribution in [0, 0.1) is 11.8 Å². The van der Waals surface area contributed by atoms with Gasteiger partial charge < -0.3 is 29.6 Å². The molecule has 39 heavy (non-hydrogen) atoms. The molecule has 2 amide bonds. The van der Waals surface area contributed by atoms with Crippen molar-refractivity contribution in [1.82, 2.24) is 10.6 Å². The molecule has 0 saturated carbocycles. The Morgan fingerprint density at radius 3 is 1.23 bits per heavy atom. The van der Waals surface area contributed by atoms with Crippen LogP contribution in [-0.2, 0) is 19.1 Å². The lowest BCUT2D eigenvalue weighted by atomic mass is 10.0. The molecule has 0 saturated heterocycles. The molecule has 2 aromatic carbocycles. The van der Waals surface area contributed by atoms with Crippen molar-refractivity contribution in [3.05, 3.63) is 59.7 Å². The molecule has 0 aromatic heterocycles. The van der Waals surface area contributed by atoms with Crippen LogP contribution in [0.4, 0.5) is 0 Å². The predicted molar refractivity (Wildman–Crippen MR) is 145 cm³/mol. The monoisotopic (exact) mass is 542 g/mol. The average Bonchev–Trinajstić information content (AvgIpc) is 2.93. The van der Waals surface area contributed by atoms with Crippen LogP contribution >= 0.6 is 0 Å². The van der Waals surface area contributed by atoms with Gasteiger partial charge in [0.15, 0.2) is 0 Å². The maximum Gasteiger partial charge on any atom is 0.328 e. The third-order valence-electron chi connectivity index (χ3n) is 5.90. The van der Waals surface area contributed by atoms with Crippen molar-refractivity contribution < 1.29 is 38.1 Å². The fourth-order valence-electron chi connectivity index (χ4n) is 3.51. The lowest BCUT2D eigenvalue weighted by Gasteiger charge is -2.22. The third kappa shape index (κ3) is 9.63. The zero-order chi connectivity index (χ0) is 28.9. The number of nitrogens with one attached hydrogen (secondary N) is 2. The SMILES string of the molecule is COc1ccc(C(=O)N[C@H](C(=O)OCCCOC(=O)[C@@H](NC(=O)c2ccc(OC)cc2)C(C)C)C(C)C)cc1. The van der Waals surface area contributed by atoms with Crippen molar-refractivity contribution in [2.24, 2.45) is 11.8 Å². The van der Waals surface area contributed by atoms with Gasteiger partial charge >= 0.3 is 11.9 Å². The second kappa shape index (κ2) is 15.4. The Morgan fingerprint density at radius 2 is 0.949 bits per heavy atom. The van der Waals surface area contributed by atoms with Gasteiger partial charge in [-0.25, -0.2) is 9.59 Å². The van der Waals surface area contributed by atoms with E-state index in [1.54, 1.807) is 76.2 Å². The first-order valence-corrected chi connectivity index (χ1v) is 12.8. The summed E-state index contributed by atoms with van der Waals surface area (Å²) >= 11 is 0. The van der Waals surface area contributed by atoms with Gasteiger partial charge in [-0.2, -0.15) is 0 Å². The molecule has 2 rings (SSSR count). The van der Waals surface area contributed by atoms with Crippen molar-refractivity contribution in [3.8, 4) is 11.5 Å². The van der Waals surface area contributed by atoms with E-state index in [9.17, 15) is 19.2 Å². The van der Waals surface area contributed by atoms with Gasteiger partial charge in [-0.05, 0) is 60.4 Å². The molecule has 10 nitrogen and oxygen atoms in total. The van der Waals surface area contributed by atoms with Crippen molar-refractivity contribution in [2.75, 3.05) is 27.4 Å². The minimum absolute atomic E-state index is 0.00169. The van der Waals surface area contributed by atoms with Crippen LogP contribution in [0.15, 0.2) is 48.5 Å². The molecule has 10 heteroatoms.